The lowest BCUT2D eigenvalue weighted by Crippen LogP contribution is -2.31. The molecular formula is C23H20N4O3. The number of fused-ring (bicyclic) bond motifs is 2. The van der Waals surface area contributed by atoms with Crippen molar-refractivity contribution in [3.63, 3.8) is 0 Å². The lowest BCUT2D eigenvalue weighted by Gasteiger charge is -2.11. The van der Waals surface area contributed by atoms with Gasteiger partial charge in [-0.15, -0.1) is 0 Å². The lowest BCUT2D eigenvalue weighted by molar-refractivity contribution is 0.174. The molecule has 0 atom stereocenters. The zero-order valence-corrected chi connectivity index (χ0v) is 16.2. The Balaban J connectivity index is 1.29. The van der Waals surface area contributed by atoms with E-state index in [1.165, 1.54) is 0 Å². The summed E-state index contributed by atoms with van der Waals surface area (Å²) in [5.74, 6) is 2.20. The fourth-order valence-corrected chi connectivity index (χ4v) is 3.54. The van der Waals surface area contributed by atoms with E-state index >= 15 is 0 Å². The predicted octanol–water partition coefficient (Wildman–Crippen LogP) is 4.25. The number of amides is 2. The maximum absolute atomic E-state index is 12.3. The smallest absolute Gasteiger partial charge is 0.319 e. The molecule has 2 amide bonds. The molecule has 0 radical (unpaired) electrons. The summed E-state index contributed by atoms with van der Waals surface area (Å²) in [5, 5.41) is 5.73. The van der Waals surface area contributed by atoms with E-state index in [1.54, 1.807) is 18.2 Å². The molecule has 5 rings (SSSR count). The number of carbonyl (C=O) groups excluding carboxylic acids is 1. The Hall–Kier alpha value is -4.00. The second-order valence-electron chi connectivity index (χ2n) is 6.89. The number of aromatic nitrogens is 2. The van der Waals surface area contributed by atoms with Crippen LogP contribution in [-0.4, -0.2) is 28.9 Å². The number of para-hydroxylation sites is 2. The van der Waals surface area contributed by atoms with Crippen molar-refractivity contribution in [3.8, 4) is 22.9 Å². The van der Waals surface area contributed by atoms with Crippen molar-refractivity contribution in [3.05, 3.63) is 72.8 Å². The molecule has 3 aromatic carbocycles. The number of imidazole rings is 1. The minimum Gasteiger partial charge on any atom is -0.454 e. The monoisotopic (exact) mass is 400 g/mol. The lowest BCUT2D eigenvalue weighted by atomic mass is 10.2. The summed E-state index contributed by atoms with van der Waals surface area (Å²) in [5.41, 5.74) is 3.66. The van der Waals surface area contributed by atoms with Crippen LogP contribution in [0.25, 0.3) is 22.4 Å². The van der Waals surface area contributed by atoms with Crippen LogP contribution in [0, 0.1) is 0 Å². The molecule has 1 aliphatic heterocycles. The van der Waals surface area contributed by atoms with Gasteiger partial charge in [-0.2, -0.15) is 0 Å². The van der Waals surface area contributed by atoms with E-state index in [-0.39, 0.29) is 12.8 Å². The van der Waals surface area contributed by atoms with Gasteiger partial charge in [0.15, 0.2) is 11.5 Å². The molecule has 150 valence electrons. The Kier molecular flexibility index (Phi) is 4.69. The first-order valence-electron chi connectivity index (χ1n) is 9.73. The number of rotatable bonds is 5. The van der Waals surface area contributed by atoms with E-state index in [0.717, 1.165) is 22.4 Å². The largest absolute Gasteiger partial charge is 0.454 e. The highest BCUT2D eigenvalue weighted by Gasteiger charge is 2.15. The molecule has 0 saturated heterocycles. The van der Waals surface area contributed by atoms with Gasteiger partial charge in [-0.1, -0.05) is 42.5 Å². The predicted molar refractivity (Wildman–Crippen MR) is 115 cm³/mol. The molecule has 0 spiro atoms. The average Bonchev–Trinajstić information content (AvgIpc) is 3.39. The van der Waals surface area contributed by atoms with Crippen LogP contribution < -0.4 is 20.1 Å². The molecule has 1 aromatic heterocycles. The van der Waals surface area contributed by atoms with Gasteiger partial charge in [0.1, 0.15) is 5.82 Å². The minimum absolute atomic E-state index is 0.202. The Morgan fingerprint density at radius 1 is 0.967 bits per heavy atom. The molecule has 7 nitrogen and oxygen atoms in total. The Bertz CT molecular complexity index is 1200. The van der Waals surface area contributed by atoms with Crippen molar-refractivity contribution >= 4 is 22.8 Å². The van der Waals surface area contributed by atoms with Gasteiger partial charge in [0, 0.05) is 30.4 Å². The van der Waals surface area contributed by atoms with Crippen LogP contribution in [0.5, 0.6) is 11.5 Å². The van der Waals surface area contributed by atoms with E-state index in [2.05, 4.69) is 15.2 Å². The van der Waals surface area contributed by atoms with E-state index < -0.39 is 0 Å². The van der Waals surface area contributed by atoms with E-state index in [9.17, 15) is 4.79 Å². The highest BCUT2D eigenvalue weighted by Crippen LogP contribution is 2.34. The van der Waals surface area contributed by atoms with Crippen molar-refractivity contribution in [2.45, 2.75) is 6.54 Å². The van der Waals surface area contributed by atoms with Gasteiger partial charge >= 0.3 is 6.03 Å². The van der Waals surface area contributed by atoms with E-state index in [0.29, 0.717) is 30.3 Å². The van der Waals surface area contributed by atoms with Crippen molar-refractivity contribution in [1.82, 2.24) is 14.9 Å². The third-order valence-electron chi connectivity index (χ3n) is 4.94. The molecule has 2 heterocycles. The molecule has 0 unspecified atom stereocenters. The number of urea groups is 1. The standard InChI is InChI=1S/C23H20N4O3/c28-23(25-17-10-11-20-21(14-17)30-15-29-20)24-12-13-27-19-9-5-4-8-18(19)26-22(27)16-6-2-1-3-7-16/h1-11,14H,12-13,15H2,(H2,24,25,28). The number of hydrogen-bond donors (Lipinski definition) is 2. The number of benzene rings is 3. The quantitative estimate of drug-likeness (QED) is 0.525. The third kappa shape index (κ3) is 3.53. The van der Waals surface area contributed by atoms with Gasteiger partial charge in [-0.05, 0) is 24.3 Å². The highest BCUT2D eigenvalue weighted by atomic mass is 16.7. The van der Waals surface area contributed by atoms with Crippen molar-refractivity contribution in [2.75, 3.05) is 18.7 Å². The normalized spacial score (nSPS) is 12.1. The first-order valence-corrected chi connectivity index (χ1v) is 9.73. The number of anilines is 1. The van der Waals surface area contributed by atoms with Gasteiger partial charge < -0.3 is 24.7 Å². The number of ether oxygens (including phenoxy) is 2. The van der Waals surface area contributed by atoms with Gasteiger partial charge in [0.05, 0.1) is 11.0 Å². The van der Waals surface area contributed by atoms with Crippen LogP contribution in [0.4, 0.5) is 10.5 Å². The summed E-state index contributed by atoms with van der Waals surface area (Å²) < 4.78 is 12.8. The summed E-state index contributed by atoms with van der Waals surface area (Å²) in [6, 6.07) is 23.1. The number of nitrogens with zero attached hydrogens (tertiary/aromatic N) is 2. The molecule has 0 fully saturated rings. The fourth-order valence-electron chi connectivity index (χ4n) is 3.54. The van der Waals surface area contributed by atoms with Crippen molar-refractivity contribution < 1.29 is 14.3 Å². The first kappa shape index (κ1) is 18.1. The van der Waals surface area contributed by atoms with Crippen LogP contribution in [0.15, 0.2) is 72.8 Å². The van der Waals surface area contributed by atoms with E-state index in [1.807, 2.05) is 54.6 Å². The number of hydrogen-bond acceptors (Lipinski definition) is 4. The van der Waals surface area contributed by atoms with Crippen LogP contribution in [0.2, 0.25) is 0 Å². The molecule has 2 N–H and O–H groups in total. The molecule has 4 aromatic rings. The summed E-state index contributed by atoms with van der Waals surface area (Å²) >= 11 is 0. The Labute approximate surface area is 173 Å². The highest BCUT2D eigenvalue weighted by molar-refractivity contribution is 5.89. The molecule has 0 bridgehead atoms. The molecule has 30 heavy (non-hydrogen) atoms. The topological polar surface area (TPSA) is 77.4 Å². The second kappa shape index (κ2) is 7.79. The Morgan fingerprint density at radius 2 is 1.77 bits per heavy atom. The zero-order chi connectivity index (χ0) is 20.3. The average molecular weight is 400 g/mol. The van der Waals surface area contributed by atoms with Crippen LogP contribution >= 0.6 is 0 Å². The van der Waals surface area contributed by atoms with Crippen LogP contribution in [0.1, 0.15) is 0 Å². The molecule has 1 aliphatic rings. The molecular weight excluding hydrogens is 380 g/mol. The van der Waals surface area contributed by atoms with Crippen molar-refractivity contribution in [2.24, 2.45) is 0 Å². The Morgan fingerprint density at radius 3 is 2.67 bits per heavy atom. The minimum atomic E-state index is -0.278. The third-order valence-corrected chi connectivity index (χ3v) is 4.94. The zero-order valence-electron chi connectivity index (χ0n) is 16.2. The van der Waals surface area contributed by atoms with Crippen molar-refractivity contribution in [1.29, 1.82) is 0 Å². The SMILES string of the molecule is O=C(NCCn1c(-c2ccccc2)nc2ccccc21)Nc1ccc2c(c1)OCO2. The van der Waals surface area contributed by atoms with Crippen LogP contribution in [-0.2, 0) is 6.54 Å². The molecule has 7 heteroatoms. The molecule has 0 aliphatic carbocycles. The summed E-state index contributed by atoms with van der Waals surface area (Å²) in [6.45, 7) is 1.25. The second-order valence-corrected chi connectivity index (χ2v) is 6.89. The molecule has 0 saturated carbocycles. The van der Waals surface area contributed by atoms with Gasteiger partial charge in [0.25, 0.3) is 0 Å². The van der Waals surface area contributed by atoms with Crippen LogP contribution in [0.3, 0.4) is 0 Å². The summed E-state index contributed by atoms with van der Waals surface area (Å²) in [4.78, 5) is 17.1. The van der Waals surface area contributed by atoms with Gasteiger partial charge in [0.2, 0.25) is 6.79 Å². The van der Waals surface area contributed by atoms with Gasteiger partial charge in [-0.3, -0.25) is 0 Å². The van der Waals surface area contributed by atoms with E-state index in [4.69, 9.17) is 14.5 Å². The number of nitrogens with one attached hydrogen (secondary N) is 2. The maximum atomic E-state index is 12.3. The summed E-state index contributed by atoms with van der Waals surface area (Å²) in [6.07, 6.45) is 0. The fraction of sp³-hybridized carbons (Fsp3) is 0.130. The first-order chi connectivity index (χ1) is 14.8. The number of carbonyl (C=O) groups is 1. The summed E-state index contributed by atoms with van der Waals surface area (Å²) in [7, 11) is 0. The maximum Gasteiger partial charge on any atom is 0.319 e. The van der Waals surface area contributed by atoms with Gasteiger partial charge in [-0.25, -0.2) is 9.78 Å².